The normalized spacial score (nSPS) is 12.9. The predicted molar refractivity (Wildman–Crippen MR) is 114 cm³/mol. The summed E-state index contributed by atoms with van der Waals surface area (Å²) < 4.78 is 0. The highest BCUT2D eigenvalue weighted by Gasteiger charge is 2.21. The minimum absolute atomic E-state index is 0.00278. The first-order valence-corrected chi connectivity index (χ1v) is 9.84. The third-order valence-electron chi connectivity index (χ3n) is 5.23. The monoisotopic (exact) mass is 390 g/mol. The van der Waals surface area contributed by atoms with Crippen molar-refractivity contribution >= 4 is 5.91 Å². The number of aromatic amines is 1. The number of nitrogens with zero attached hydrogens (tertiary/aromatic N) is 2. The third kappa shape index (κ3) is 4.96. The maximum atomic E-state index is 12.7. The first-order chi connectivity index (χ1) is 14.0. The van der Waals surface area contributed by atoms with Crippen molar-refractivity contribution in [1.82, 2.24) is 20.3 Å². The van der Waals surface area contributed by atoms with Gasteiger partial charge < -0.3 is 10.3 Å². The molecule has 2 N–H and O–H groups in total. The van der Waals surface area contributed by atoms with Crippen LogP contribution in [0.5, 0.6) is 0 Å². The minimum Gasteiger partial charge on any atom is -0.352 e. The summed E-state index contributed by atoms with van der Waals surface area (Å²) in [5.41, 5.74) is 2.61. The Kier molecular flexibility index (Phi) is 6.54. The first kappa shape index (κ1) is 20.5. The fourth-order valence-electron chi connectivity index (χ4n) is 3.45. The van der Waals surface area contributed by atoms with Gasteiger partial charge >= 0.3 is 0 Å². The second-order valence-corrected chi connectivity index (χ2v) is 7.17. The zero-order valence-corrected chi connectivity index (χ0v) is 17.0. The van der Waals surface area contributed by atoms with E-state index >= 15 is 0 Å². The predicted octanol–water partition coefficient (Wildman–Crippen LogP) is 3.38. The van der Waals surface area contributed by atoms with Crippen molar-refractivity contribution in [1.29, 1.82) is 0 Å². The molecular formula is C23H26N4O2. The number of carbonyl (C=O) groups is 1. The van der Waals surface area contributed by atoms with E-state index in [0.29, 0.717) is 17.1 Å². The maximum absolute atomic E-state index is 12.7. The van der Waals surface area contributed by atoms with Crippen molar-refractivity contribution < 1.29 is 4.79 Å². The molecule has 0 radical (unpaired) electrons. The molecule has 2 aromatic heterocycles. The lowest BCUT2D eigenvalue weighted by Crippen LogP contribution is -2.39. The molecular weight excluding hydrogens is 364 g/mol. The molecule has 0 aliphatic rings. The van der Waals surface area contributed by atoms with E-state index in [4.69, 9.17) is 0 Å². The summed E-state index contributed by atoms with van der Waals surface area (Å²) >= 11 is 0. The standard InChI is InChI=1S/C23H26N4O2/c1-4-20(15(2)17-8-6-5-7-9-17)26-21(28)14-19-16(3)25-22(27-23(19)29)18-10-12-24-13-11-18/h5-13,15,20H,4,14H2,1-3H3,(H,26,28)(H,25,27,29). The first-order valence-electron chi connectivity index (χ1n) is 9.84. The molecule has 29 heavy (non-hydrogen) atoms. The summed E-state index contributed by atoms with van der Waals surface area (Å²) in [6.07, 6.45) is 4.09. The highest BCUT2D eigenvalue weighted by Crippen LogP contribution is 2.21. The summed E-state index contributed by atoms with van der Waals surface area (Å²) in [5, 5.41) is 3.09. The van der Waals surface area contributed by atoms with Gasteiger partial charge in [-0.1, -0.05) is 44.2 Å². The lowest BCUT2D eigenvalue weighted by molar-refractivity contribution is -0.121. The number of carbonyl (C=O) groups excluding carboxylic acids is 1. The topological polar surface area (TPSA) is 87.7 Å². The average Bonchev–Trinajstić information content (AvgIpc) is 2.75. The molecule has 2 atom stereocenters. The van der Waals surface area contributed by atoms with Crippen LogP contribution in [0.3, 0.4) is 0 Å². The second kappa shape index (κ2) is 9.28. The lowest BCUT2D eigenvalue weighted by Gasteiger charge is -2.24. The van der Waals surface area contributed by atoms with Gasteiger partial charge in [-0.3, -0.25) is 14.6 Å². The number of rotatable bonds is 7. The highest BCUT2D eigenvalue weighted by atomic mass is 16.2. The van der Waals surface area contributed by atoms with E-state index in [1.165, 1.54) is 5.56 Å². The summed E-state index contributed by atoms with van der Waals surface area (Å²) in [5.74, 6) is 0.478. The summed E-state index contributed by atoms with van der Waals surface area (Å²) in [4.78, 5) is 36.5. The van der Waals surface area contributed by atoms with Gasteiger partial charge in [-0.15, -0.1) is 0 Å². The van der Waals surface area contributed by atoms with Crippen molar-refractivity contribution in [2.45, 2.75) is 45.6 Å². The van der Waals surface area contributed by atoms with E-state index in [2.05, 4.69) is 39.3 Å². The molecule has 150 valence electrons. The average molecular weight is 390 g/mol. The SMILES string of the molecule is CCC(NC(=O)Cc1c(C)nc(-c2ccncc2)[nH]c1=O)C(C)c1ccccc1. The maximum Gasteiger partial charge on any atom is 0.255 e. The van der Waals surface area contributed by atoms with Crippen LogP contribution in [0.1, 0.15) is 43.0 Å². The van der Waals surface area contributed by atoms with Crippen molar-refractivity contribution in [3.63, 3.8) is 0 Å². The Balaban J connectivity index is 1.74. The number of nitrogens with one attached hydrogen (secondary N) is 2. The number of aryl methyl sites for hydroxylation is 1. The van der Waals surface area contributed by atoms with E-state index in [1.807, 2.05) is 25.1 Å². The largest absolute Gasteiger partial charge is 0.352 e. The van der Waals surface area contributed by atoms with Gasteiger partial charge in [0.25, 0.3) is 5.56 Å². The van der Waals surface area contributed by atoms with Crippen molar-refractivity contribution in [3.8, 4) is 11.4 Å². The molecule has 1 amide bonds. The van der Waals surface area contributed by atoms with Gasteiger partial charge in [0.2, 0.25) is 5.91 Å². The summed E-state index contributed by atoms with van der Waals surface area (Å²) in [7, 11) is 0. The highest BCUT2D eigenvalue weighted by molar-refractivity contribution is 5.79. The summed E-state index contributed by atoms with van der Waals surface area (Å²) in [6, 6.07) is 13.7. The van der Waals surface area contributed by atoms with Crippen LogP contribution >= 0.6 is 0 Å². The van der Waals surface area contributed by atoms with Crippen LogP contribution in [0.15, 0.2) is 59.7 Å². The number of pyridine rings is 1. The van der Waals surface area contributed by atoms with Gasteiger partial charge in [-0.05, 0) is 31.0 Å². The quantitative estimate of drug-likeness (QED) is 0.647. The van der Waals surface area contributed by atoms with Crippen LogP contribution in [-0.4, -0.2) is 26.9 Å². The van der Waals surface area contributed by atoms with Gasteiger partial charge in [0.05, 0.1) is 6.42 Å². The molecule has 1 aromatic carbocycles. The van der Waals surface area contributed by atoms with Crippen LogP contribution in [0.4, 0.5) is 0 Å². The van der Waals surface area contributed by atoms with E-state index < -0.39 is 0 Å². The molecule has 6 nitrogen and oxygen atoms in total. The Labute approximate surface area is 170 Å². The Hall–Kier alpha value is -3.28. The Morgan fingerprint density at radius 3 is 2.45 bits per heavy atom. The van der Waals surface area contributed by atoms with Crippen LogP contribution in [0.2, 0.25) is 0 Å². The molecule has 0 aliphatic carbocycles. The molecule has 2 heterocycles. The zero-order chi connectivity index (χ0) is 20.8. The van der Waals surface area contributed by atoms with Crippen molar-refractivity contribution in [2.75, 3.05) is 0 Å². The minimum atomic E-state index is -0.288. The Bertz CT molecular complexity index is 1020. The van der Waals surface area contributed by atoms with Crippen molar-refractivity contribution in [2.24, 2.45) is 0 Å². The molecule has 0 fully saturated rings. The Morgan fingerprint density at radius 2 is 1.83 bits per heavy atom. The smallest absolute Gasteiger partial charge is 0.255 e. The number of H-pyrrole nitrogens is 1. The molecule has 3 rings (SSSR count). The number of amides is 1. The molecule has 2 unspecified atom stereocenters. The molecule has 3 aromatic rings. The van der Waals surface area contributed by atoms with Gasteiger partial charge in [0.15, 0.2) is 0 Å². The molecule has 0 spiro atoms. The van der Waals surface area contributed by atoms with Crippen LogP contribution in [0, 0.1) is 6.92 Å². The van der Waals surface area contributed by atoms with E-state index in [1.54, 1.807) is 31.5 Å². The van der Waals surface area contributed by atoms with Gasteiger partial charge in [0, 0.05) is 41.2 Å². The summed E-state index contributed by atoms with van der Waals surface area (Å²) in [6.45, 7) is 5.91. The van der Waals surface area contributed by atoms with E-state index in [0.717, 1.165) is 12.0 Å². The molecule has 0 bridgehead atoms. The molecule has 0 saturated carbocycles. The van der Waals surface area contributed by atoms with Crippen LogP contribution in [0.25, 0.3) is 11.4 Å². The molecule has 6 heteroatoms. The van der Waals surface area contributed by atoms with Gasteiger partial charge in [-0.25, -0.2) is 4.98 Å². The van der Waals surface area contributed by atoms with Crippen LogP contribution in [-0.2, 0) is 11.2 Å². The molecule has 0 aliphatic heterocycles. The number of hydrogen-bond donors (Lipinski definition) is 2. The lowest BCUT2D eigenvalue weighted by atomic mass is 9.91. The van der Waals surface area contributed by atoms with E-state index in [-0.39, 0.29) is 29.8 Å². The van der Waals surface area contributed by atoms with Gasteiger partial charge in [0.1, 0.15) is 5.82 Å². The molecule has 0 saturated heterocycles. The third-order valence-corrected chi connectivity index (χ3v) is 5.23. The van der Waals surface area contributed by atoms with E-state index in [9.17, 15) is 9.59 Å². The van der Waals surface area contributed by atoms with Crippen LogP contribution < -0.4 is 10.9 Å². The van der Waals surface area contributed by atoms with Crippen molar-refractivity contribution in [3.05, 3.63) is 82.0 Å². The number of aromatic nitrogens is 3. The fourth-order valence-corrected chi connectivity index (χ4v) is 3.45. The second-order valence-electron chi connectivity index (χ2n) is 7.17. The fraction of sp³-hybridized carbons (Fsp3) is 0.304. The van der Waals surface area contributed by atoms with Gasteiger partial charge in [-0.2, -0.15) is 0 Å². The Morgan fingerprint density at radius 1 is 1.14 bits per heavy atom. The number of benzene rings is 1. The number of hydrogen-bond acceptors (Lipinski definition) is 4. The zero-order valence-electron chi connectivity index (χ0n) is 17.0.